The van der Waals surface area contributed by atoms with Crippen LogP contribution >= 0.6 is 0 Å². The lowest BCUT2D eigenvalue weighted by atomic mass is 10.1. The van der Waals surface area contributed by atoms with Crippen LogP contribution in [-0.2, 0) is 11.3 Å². The van der Waals surface area contributed by atoms with Crippen molar-refractivity contribution in [1.29, 1.82) is 0 Å². The number of benzene rings is 1. The van der Waals surface area contributed by atoms with Crippen LogP contribution < -0.4 is 10.2 Å². The molecule has 1 amide bonds. The molecule has 1 unspecified atom stereocenters. The van der Waals surface area contributed by atoms with Crippen LogP contribution in [0.4, 0.5) is 0 Å². The Morgan fingerprint density at radius 3 is 2.94 bits per heavy atom. The van der Waals surface area contributed by atoms with Crippen molar-refractivity contribution in [2.75, 3.05) is 19.6 Å². The SMILES string of the molecule is Cc1ccc(C)c(C[NH+]2CCNC(=O)C2)c1. The highest BCUT2D eigenvalue weighted by atomic mass is 16.2. The first-order valence-corrected chi connectivity index (χ1v) is 5.81. The van der Waals surface area contributed by atoms with Gasteiger partial charge >= 0.3 is 0 Å². The number of aryl methyl sites for hydroxylation is 2. The Morgan fingerprint density at radius 2 is 2.19 bits per heavy atom. The Balaban J connectivity index is 2.08. The molecule has 0 spiro atoms. The van der Waals surface area contributed by atoms with E-state index in [-0.39, 0.29) is 5.91 Å². The third-order valence-corrected chi connectivity index (χ3v) is 3.16. The van der Waals surface area contributed by atoms with E-state index in [4.69, 9.17) is 0 Å². The van der Waals surface area contributed by atoms with E-state index < -0.39 is 0 Å². The molecular weight excluding hydrogens is 200 g/mol. The summed E-state index contributed by atoms with van der Waals surface area (Å²) >= 11 is 0. The molecule has 0 radical (unpaired) electrons. The molecule has 0 aromatic heterocycles. The molecule has 0 aliphatic carbocycles. The van der Waals surface area contributed by atoms with Crippen molar-refractivity contribution in [3.05, 3.63) is 34.9 Å². The summed E-state index contributed by atoms with van der Waals surface area (Å²) in [6, 6.07) is 6.53. The van der Waals surface area contributed by atoms with Crippen LogP contribution in [0, 0.1) is 13.8 Å². The zero-order chi connectivity index (χ0) is 11.5. The largest absolute Gasteiger partial charge is 0.346 e. The standard InChI is InChI=1S/C13H18N2O/c1-10-3-4-11(2)12(7-10)8-15-6-5-14-13(16)9-15/h3-4,7H,5-6,8-9H2,1-2H3,(H,14,16)/p+1. The maximum Gasteiger partial charge on any atom is 0.275 e. The second-order valence-corrected chi connectivity index (χ2v) is 4.63. The predicted molar refractivity (Wildman–Crippen MR) is 63.3 cm³/mol. The fourth-order valence-corrected chi connectivity index (χ4v) is 2.17. The van der Waals surface area contributed by atoms with Crippen molar-refractivity contribution in [1.82, 2.24) is 5.32 Å². The van der Waals surface area contributed by atoms with Gasteiger partial charge in [-0.05, 0) is 19.4 Å². The summed E-state index contributed by atoms with van der Waals surface area (Å²) in [5, 5.41) is 2.86. The molecule has 1 fully saturated rings. The molecule has 3 nitrogen and oxygen atoms in total. The number of quaternary nitrogens is 1. The lowest BCUT2D eigenvalue weighted by Crippen LogP contribution is -3.14. The van der Waals surface area contributed by atoms with E-state index in [0.29, 0.717) is 6.54 Å². The highest BCUT2D eigenvalue weighted by molar-refractivity contribution is 5.77. The van der Waals surface area contributed by atoms with Gasteiger partial charge in [-0.2, -0.15) is 0 Å². The van der Waals surface area contributed by atoms with Gasteiger partial charge in [0.2, 0.25) is 0 Å². The highest BCUT2D eigenvalue weighted by Gasteiger charge is 2.20. The van der Waals surface area contributed by atoms with E-state index in [0.717, 1.165) is 19.6 Å². The van der Waals surface area contributed by atoms with Crippen LogP contribution in [0.25, 0.3) is 0 Å². The lowest BCUT2D eigenvalue weighted by molar-refractivity contribution is -0.907. The average molecular weight is 219 g/mol. The van der Waals surface area contributed by atoms with E-state index >= 15 is 0 Å². The van der Waals surface area contributed by atoms with Crippen LogP contribution in [0.2, 0.25) is 0 Å². The fourth-order valence-electron chi connectivity index (χ4n) is 2.17. The molecule has 0 bridgehead atoms. The molecule has 0 saturated carbocycles. The zero-order valence-electron chi connectivity index (χ0n) is 9.97. The summed E-state index contributed by atoms with van der Waals surface area (Å²) in [5.41, 5.74) is 3.98. The molecule has 1 atom stereocenters. The zero-order valence-corrected chi connectivity index (χ0v) is 9.97. The molecular formula is C13H19N2O+. The first kappa shape index (κ1) is 11.1. The molecule has 3 heteroatoms. The Kier molecular flexibility index (Phi) is 3.25. The van der Waals surface area contributed by atoms with Gasteiger partial charge in [-0.15, -0.1) is 0 Å². The van der Waals surface area contributed by atoms with E-state index in [2.05, 4.69) is 37.4 Å². The molecule has 2 rings (SSSR count). The van der Waals surface area contributed by atoms with Crippen LogP contribution in [0.1, 0.15) is 16.7 Å². The van der Waals surface area contributed by atoms with Gasteiger partial charge in [-0.1, -0.05) is 23.8 Å². The van der Waals surface area contributed by atoms with E-state index in [1.807, 2.05) is 0 Å². The van der Waals surface area contributed by atoms with Crippen molar-refractivity contribution in [2.45, 2.75) is 20.4 Å². The second kappa shape index (κ2) is 4.66. The first-order valence-electron chi connectivity index (χ1n) is 5.81. The van der Waals surface area contributed by atoms with Gasteiger partial charge in [-0.25, -0.2) is 0 Å². The molecule has 2 N–H and O–H groups in total. The Bertz CT molecular complexity index is 401. The molecule has 1 heterocycles. The summed E-state index contributed by atoms with van der Waals surface area (Å²) < 4.78 is 0. The van der Waals surface area contributed by atoms with Gasteiger partial charge in [0.1, 0.15) is 6.54 Å². The molecule has 1 aliphatic heterocycles. The number of piperazine rings is 1. The summed E-state index contributed by atoms with van der Waals surface area (Å²) in [5.74, 6) is 0.173. The molecule has 86 valence electrons. The Morgan fingerprint density at radius 1 is 1.38 bits per heavy atom. The first-order chi connectivity index (χ1) is 7.65. The number of rotatable bonds is 2. The molecule has 1 saturated heterocycles. The Hall–Kier alpha value is -1.35. The number of amides is 1. The third-order valence-electron chi connectivity index (χ3n) is 3.16. The van der Waals surface area contributed by atoms with Gasteiger partial charge in [0.15, 0.2) is 6.54 Å². The minimum Gasteiger partial charge on any atom is -0.346 e. The number of hydrogen-bond acceptors (Lipinski definition) is 1. The maximum atomic E-state index is 11.3. The van der Waals surface area contributed by atoms with Gasteiger partial charge in [0.05, 0.1) is 13.1 Å². The van der Waals surface area contributed by atoms with Gasteiger partial charge in [0.25, 0.3) is 5.91 Å². The summed E-state index contributed by atoms with van der Waals surface area (Å²) in [4.78, 5) is 12.6. The molecule has 16 heavy (non-hydrogen) atoms. The normalized spacial score (nSPS) is 20.6. The van der Waals surface area contributed by atoms with E-state index in [1.165, 1.54) is 21.6 Å². The minimum absolute atomic E-state index is 0.173. The number of hydrogen-bond donors (Lipinski definition) is 2. The van der Waals surface area contributed by atoms with Crippen molar-refractivity contribution in [3.8, 4) is 0 Å². The summed E-state index contributed by atoms with van der Waals surface area (Å²) in [6.07, 6.45) is 0. The van der Waals surface area contributed by atoms with Gasteiger partial charge in [0, 0.05) is 5.56 Å². The predicted octanol–water partition coefficient (Wildman–Crippen LogP) is -0.182. The number of carbonyl (C=O) groups is 1. The molecule has 1 aliphatic rings. The van der Waals surface area contributed by atoms with Crippen molar-refractivity contribution >= 4 is 5.91 Å². The summed E-state index contributed by atoms with van der Waals surface area (Å²) in [7, 11) is 0. The lowest BCUT2D eigenvalue weighted by Gasteiger charge is -2.24. The smallest absolute Gasteiger partial charge is 0.275 e. The minimum atomic E-state index is 0.173. The highest BCUT2D eigenvalue weighted by Crippen LogP contribution is 2.09. The maximum absolute atomic E-state index is 11.3. The van der Waals surface area contributed by atoms with Crippen LogP contribution in [-0.4, -0.2) is 25.5 Å². The van der Waals surface area contributed by atoms with Gasteiger partial charge in [-0.3, -0.25) is 4.79 Å². The Labute approximate surface area is 96.5 Å². The van der Waals surface area contributed by atoms with E-state index in [9.17, 15) is 4.79 Å². The van der Waals surface area contributed by atoms with Crippen molar-refractivity contribution < 1.29 is 9.69 Å². The molecule has 1 aromatic rings. The number of carbonyl (C=O) groups excluding carboxylic acids is 1. The topological polar surface area (TPSA) is 33.5 Å². The van der Waals surface area contributed by atoms with Gasteiger partial charge < -0.3 is 10.2 Å². The van der Waals surface area contributed by atoms with Crippen molar-refractivity contribution in [2.24, 2.45) is 0 Å². The second-order valence-electron chi connectivity index (χ2n) is 4.63. The monoisotopic (exact) mass is 219 g/mol. The van der Waals surface area contributed by atoms with Crippen LogP contribution in [0.5, 0.6) is 0 Å². The average Bonchev–Trinajstić information content (AvgIpc) is 2.24. The van der Waals surface area contributed by atoms with Crippen LogP contribution in [0.15, 0.2) is 18.2 Å². The fraction of sp³-hybridized carbons (Fsp3) is 0.462. The van der Waals surface area contributed by atoms with Crippen molar-refractivity contribution in [3.63, 3.8) is 0 Å². The van der Waals surface area contributed by atoms with Crippen LogP contribution in [0.3, 0.4) is 0 Å². The molecule has 1 aromatic carbocycles. The summed E-state index contributed by atoms with van der Waals surface area (Å²) in [6.45, 7) is 7.64. The number of nitrogens with one attached hydrogen (secondary N) is 2. The third kappa shape index (κ3) is 2.61. The van der Waals surface area contributed by atoms with E-state index in [1.54, 1.807) is 0 Å². The quantitative estimate of drug-likeness (QED) is 0.711.